The van der Waals surface area contributed by atoms with Gasteiger partial charge < -0.3 is 15.6 Å². The summed E-state index contributed by atoms with van der Waals surface area (Å²) < 4.78 is 7.17. The molecule has 0 unspecified atom stereocenters. The van der Waals surface area contributed by atoms with Gasteiger partial charge in [-0.15, -0.1) is 11.3 Å². The summed E-state index contributed by atoms with van der Waals surface area (Å²) in [5, 5.41) is 9.26. The topological polar surface area (TPSA) is 107 Å². The molecule has 0 aliphatic carbocycles. The number of rotatable bonds is 6. The van der Waals surface area contributed by atoms with Crippen LogP contribution in [0.1, 0.15) is 15.2 Å². The van der Waals surface area contributed by atoms with Crippen LogP contribution in [-0.2, 0) is 0 Å². The van der Waals surface area contributed by atoms with Gasteiger partial charge in [-0.05, 0) is 36.8 Å². The zero-order valence-electron chi connectivity index (χ0n) is 15.0. The predicted octanol–water partition coefficient (Wildman–Crippen LogP) is 3.67. The Labute approximate surface area is 164 Å². The van der Waals surface area contributed by atoms with E-state index in [0.29, 0.717) is 27.5 Å². The number of allylic oxidation sites excluding steroid dienone is 3. The fraction of sp³-hybridized carbons (Fsp3) is 0.0500. The highest BCUT2D eigenvalue weighted by molar-refractivity contribution is 7.20. The van der Waals surface area contributed by atoms with Crippen LogP contribution < -0.4 is 16.0 Å². The minimum absolute atomic E-state index is 0.0627. The molecule has 0 saturated carbocycles. The molecule has 3 N–H and O–H groups in total. The highest BCUT2D eigenvalue weighted by atomic mass is 32.1. The van der Waals surface area contributed by atoms with Crippen LogP contribution in [-0.4, -0.2) is 20.6 Å². The van der Waals surface area contributed by atoms with Crippen molar-refractivity contribution >= 4 is 33.5 Å². The van der Waals surface area contributed by atoms with Gasteiger partial charge in [-0.2, -0.15) is 0 Å². The van der Waals surface area contributed by atoms with Crippen molar-refractivity contribution in [2.24, 2.45) is 0 Å². The molecule has 0 saturated heterocycles. The molecule has 0 aliphatic rings. The third kappa shape index (κ3) is 3.45. The van der Waals surface area contributed by atoms with Gasteiger partial charge in [0.1, 0.15) is 21.2 Å². The number of carbonyl (C=O) groups is 1. The van der Waals surface area contributed by atoms with E-state index in [1.54, 1.807) is 36.4 Å². The van der Waals surface area contributed by atoms with Gasteiger partial charge in [0.15, 0.2) is 5.82 Å². The van der Waals surface area contributed by atoms with E-state index in [1.807, 2.05) is 6.92 Å². The molecule has 0 atom stereocenters. The fourth-order valence-electron chi connectivity index (χ4n) is 2.58. The number of ether oxygens (including phenoxy) is 1. The van der Waals surface area contributed by atoms with Crippen molar-refractivity contribution in [3.63, 3.8) is 0 Å². The maximum absolute atomic E-state index is 12.7. The Morgan fingerprint density at radius 3 is 2.75 bits per heavy atom. The summed E-state index contributed by atoms with van der Waals surface area (Å²) in [4.78, 5) is 28.5. The van der Waals surface area contributed by atoms with E-state index in [9.17, 15) is 14.7 Å². The van der Waals surface area contributed by atoms with E-state index in [0.717, 1.165) is 16.9 Å². The minimum atomic E-state index is -1.10. The van der Waals surface area contributed by atoms with Crippen molar-refractivity contribution in [2.75, 3.05) is 5.73 Å². The Balaban J connectivity index is 2.23. The summed E-state index contributed by atoms with van der Waals surface area (Å²) in [5.74, 6) is -0.313. The first kappa shape index (κ1) is 19.1. The molecule has 0 spiro atoms. The van der Waals surface area contributed by atoms with Gasteiger partial charge in [-0.25, -0.2) is 9.78 Å². The molecular weight excluding hydrogens is 378 g/mol. The summed E-state index contributed by atoms with van der Waals surface area (Å²) in [6.07, 6.45) is 4.78. The normalized spacial score (nSPS) is 11.4. The Kier molecular flexibility index (Phi) is 5.14. The van der Waals surface area contributed by atoms with Gasteiger partial charge in [-0.1, -0.05) is 25.3 Å². The van der Waals surface area contributed by atoms with E-state index >= 15 is 0 Å². The Bertz CT molecular complexity index is 1200. The van der Waals surface area contributed by atoms with Gasteiger partial charge >= 0.3 is 5.97 Å². The van der Waals surface area contributed by atoms with Crippen LogP contribution >= 0.6 is 11.3 Å². The number of thiophene rings is 1. The van der Waals surface area contributed by atoms with E-state index in [1.165, 1.54) is 10.6 Å². The molecule has 8 heteroatoms. The SMILES string of the molecule is C=C/C=C(\C=C)Oc1cc(-n2c(=O)c(N)nc3sc(C(=O)O)cc32)ccc1C. The summed E-state index contributed by atoms with van der Waals surface area (Å²) in [6, 6.07) is 6.60. The molecule has 28 heavy (non-hydrogen) atoms. The number of anilines is 1. The van der Waals surface area contributed by atoms with Crippen LogP contribution in [0.5, 0.6) is 5.75 Å². The van der Waals surface area contributed by atoms with Crippen LogP contribution in [0, 0.1) is 6.92 Å². The number of aryl methyl sites for hydroxylation is 1. The monoisotopic (exact) mass is 395 g/mol. The molecule has 0 fully saturated rings. The highest BCUT2D eigenvalue weighted by Gasteiger charge is 2.17. The quantitative estimate of drug-likeness (QED) is 0.487. The number of hydrogen-bond donors (Lipinski definition) is 2. The second kappa shape index (κ2) is 7.53. The molecule has 0 radical (unpaired) electrons. The molecule has 0 aliphatic heterocycles. The average Bonchev–Trinajstić information content (AvgIpc) is 3.08. The summed E-state index contributed by atoms with van der Waals surface area (Å²) >= 11 is 0.950. The molecule has 7 nitrogen and oxygen atoms in total. The average molecular weight is 395 g/mol. The smallest absolute Gasteiger partial charge is 0.346 e. The number of nitrogens with two attached hydrogens (primary N) is 1. The van der Waals surface area contributed by atoms with Crippen molar-refractivity contribution < 1.29 is 14.6 Å². The number of hydrogen-bond acceptors (Lipinski definition) is 6. The van der Waals surface area contributed by atoms with Crippen LogP contribution in [0.15, 0.2) is 66.2 Å². The largest absolute Gasteiger partial charge is 0.477 e. The lowest BCUT2D eigenvalue weighted by atomic mass is 10.2. The first-order chi connectivity index (χ1) is 13.3. The molecule has 2 aromatic heterocycles. The summed E-state index contributed by atoms with van der Waals surface area (Å²) in [7, 11) is 0. The number of carboxylic acids is 1. The Morgan fingerprint density at radius 2 is 2.11 bits per heavy atom. The minimum Gasteiger partial charge on any atom is -0.477 e. The first-order valence-corrected chi connectivity index (χ1v) is 8.96. The van der Waals surface area contributed by atoms with Crippen LogP contribution in [0.3, 0.4) is 0 Å². The highest BCUT2D eigenvalue weighted by Crippen LogP contribution is 2.29. The number of nitrogens with zero attached hydrogens (tertiary/aromatic N) is 2. The molecule has 0 bridgehead atoms. The predicted molar refractivity (Wildman–Crippen MR) is 110 cm³/mol. The van der Waals surface area contributed by atoms with Gasteiger partial charge in [0.2, 0.25) is 0 Å². The number of benzene rings is 1. The summed E-state index contributed by atoms with van der Waals surface area (Å²) in [5.41, 5.74) is 6.90. The molecule has 0 amide bonds. The fourth-order valence-corrected chi connectivity index (χ4v) is 3.44. The van der Waals surface area contributed by atoms with Crippen LogP contribution in [0.4, 0.5) is 5.82 Å². The lowest BCUT2D eigenvalue weighted by molar-refractivity contribution is 0.0702. The zero-order chi connectivity index (χ0) is 20.4. The third-order valence-electron chi connectivity index (χ3n) is 3.93. The van der Waals surface area contributed by atoms with Crippen molar-refractivity contribution in [1.29, 1.82) is 0 Å². The first-order valence-electron chi connectivity index (χ1n) is 8.15. The van der Waals surface area contributed by atoms with Crippen LogP contribution in [0.25, 0.3) is 16.0 Å². The van der Waals surface area contributed by atoms with E-state index in [-0.39, 0.29) is 10.7 Å². The lowest BCUT2D eigenvalue weighted by Crippen LogP contribution is -2.23. The van der Waals surface area contributed by atoms with Crippen molar-refractivity contribution in [3.05, 3.63) is 82.2 Å². The van der Waals surface area contributed by atoms with Gasteiger partial charge in [-0.3, -0.25) is 9.36 Å². The van der Waals surface area contributed by atoms with Gasteiger partial charge in [0.05, 0.1) is 11.2 Å². The van der Waals surface area contributed by atoms with E-state index in [2.05, 4.69) is 18.1 Å². The second-order valence-electron chi connectivity index (χ2n) is 5.80. The molecule has 3 aromatic rings. The second-order valence-corrected chi connectivity index (χ2v) is 6.84. The number of aromatic carboxylic acids is 1. The molecule has 3 rings (SSSR count). The Hall–Kier alpha value is -3.65. The molecular formula is C20H17N3O4S. The van der Waals surface area contributed by atoms with Crippen LogP contribution in [0.2, 0.25) is 0 Å². The molecule has 2 heterocycles. The maximum Gasteiger partial charge on any atom is 0.346 e. The number of carboxylic acid groups (broad SMARTS) is 1. The Morgan fingerprint density at radius 1 is 1.36 bits per heavy atom. The van der Waals surface area contributed by atoms with Crippen molar-refractivity contribution in [1.82, 2.24) is 9.55 Å². The van der Waals surface area contributed by atoms with Gasteiger partial charge in [0.25, 0.3) is 5.56 Å². The van der Waals surface area contributed by atoms with E-state index in [4.69, 9.17) is 10.5 Å². The van der Waals surface area contributed by atoms with Crippen molar-refractivity contribution in [2.45, 2.75) is 6.92 Å². The third-order valence-corrected chi connectivity index (χ3v) is 4.94. The van der Waals surface area contributed by atoms with Crippen molar-refractivity contribution in [3.8, 4) is 11.4 Å². The van der Waals surface area contributed by atoms with E-state index < -0.39 is 11.5 Å². The number of fused-ring (bicyclic) bond motifs is 1. The van der Waals surface area contributed by atoms with Gasteiger partial charge in [0, 0.05) is 6.07 Å². The molecule has 142 valence electrons. The summed E-state index contributed by atoms with van der Waals surface area (Å²) in [6.45, 7) is 9.19. The standard InChI is InChI=1S/C20H17N3O4S/c1-4-6-13(5-2)27-15-9-12(8-7-11(15)3)23-14-10-16(20(25)26)28-18(14)22-17(21)19(23)24/h4-10H,1-2H2,3H3,(H2,21,22)(H,25,26)/b13-6+. The number of aromatic nitrogens is 2. The molecule has 1 aromatic carbocycles. The number of nitrogen functional groups attached to an aromatic ring is 1. The lowest BCUT2D eigenvalue weighted by Gasteiger charge is -2.13. The maximum atomic E-state index is 12.7. The zero-order valence-corrected chi connectivity index (χ0v) is 15.8.